The highest BCUT2D eigenvalue weighted by Crippen LogP contribution is 2.24. The van der Waals surface area contributed by atoms with Gasteiger partial charge in [0.15, 0.2) is 0 Å². The molecule has 1 N–H and O–H groups in total. The van der Waals surface area contributed by atoms with Gasteiger partial charge in [-0.05, 0) is 44.7 Å². The molecule has 0 amide bonds. The van der Waals surface area contributed by atoms with Crippen molar-refractivity contribution < 1.29 is 0 Å². The van der Waals surface area contributed by atoms with Gasteiger partial charge >= 0.3 is 0 Å². The Hall–Kier alpha value is -0.980. The third-order valence-electron chi connectivity index (χ3n) is 3.16. The van der Waals surface area contributed by atoms with Gasteiger partial charge in [0.25, 0.3) is 0 Å². The van der Waals surface area contributed by atoms with Crippen LogP contribution in [0.4, 0.5) is 5.69 Å². The first-order valence-electron chi connectivity index (χ1n) is 6.42. The van der Waals surface area contributed by atoms with Crippen LogP contribution in [-0.4, -0.2) is 6.04 Å². The lowest BCUT2D eigenvalue weighted by Gasteiger charge is -2.21. The van der Waals surface area contributed by atoms with E-state index in [0.717, 1.165) is 0 Å². The Morgan fingerprint density at radius 2 is 1.62 bits per heavy atom. The zero-order chi connectivity index (χ0) is 12.1. The van der Waals surface area contributed by atoms with Crippen molar-refractivity contribution in [2.24, 2.45) is 0 Å². The van der Waals surface area contributed by atoms with Gasteiger partial charge in [0.1, 0.15) is 0 Å². The minimum Gasteiger partial charge on any atom is -0.382 e. The molecule has 1 rings (SSSR count). The molecule has 0 saturated heterocycles. The molecule has 90 valence electrons. The number of hydrogen-bond acceptors (Lipinski definition) is 1. The molecular weight excluding hydrogens is 194 g/mol. The Balaban J connectivity index is 2.87. The molecule has 0 fully saturated rings. The van der Waals surface area contributed by atoms with Crippen LogP contribution < -0.4 is 5.32 Å². The SMILES string of the molecule is CCCC(CC)Nc1c(C)cc(C)cc1C. The van der Waals surface area contributed by atoms with Crippen molar-refractivity contribution >= 4 is 5.69 Å². The molecule has 0 aliphatic rings. The monoisotopic (exact) mass is 219 g/mol. The summed E-state index contributed by atoms with van der Waals surface area (Å²) in [5.41, 5.74) is 5.43. The molecule has 0 saturated carbocycles. The molecular formula is C15H25N. The summed E-state index contributed by atoms with van der Waals surface area (Å²) >= 11 is 0. The van der Waals surface area contributed by atoms with Crippen LogP contribution in [0, 0.1) is 20.8 Å². The van der Waals surface area contributed by atoms with Crippen LogP contribution in [0.15, 0.2) is 12.1 Å². The number of aryl methyl sites for hydroxylation is 3. The number of nitrogens with one attached hydrogen (secondary N) is 1. The standard InChI is InChI=1S/C15H25N/c1-6-8-14(7-2)16-15-12(4)9-11(3)10-13(15)5/h9-10,14,16H,6-8H2,1-5H3. The summed E-state index contributed by atoms with van der Waals surface area (Å²) in [5, 5.41) is 3.69. The number of benzene rings is 1. The smallest absolute Gasteiger partial charge is 0.0401 e. The lowest BCUT2D eigenvalue weighted by Crippen LogP contribution is -2.19. The minimum atomic E-state index is 0.616. The average Bonchev–Trinajstić information content (AvgIpc) is 2.21. The van der Waals surface area contributed by atoms with Crippen LogP contribution in [0.2, 0.25) is 0 Å². The van der Waals surface area contributed by atoms with Crippen LogP contribution in [-0.2, 0) is 0 Å². The van der Waals surface area contributed by atoms with Crippen LogP contribution in [0.5, 0.6) is 0 Å². The van der Waals surface area contributed by atoms with Crippen LogP contribution in [0.1, 0.15) is 49.8 Å². The molecule has 0 aliphatic carbocycles. The van der Waals surface area contributed by atoms with Gasteiger partial charge in [-0.15, -0.1) is 0 Å². The van der Waals surface area contributed by atoms with Gasteiger partial charge in [0, 0.05) is 11.7 Å². The largest absolute Gasteiger partial charge is 0.382 e. The summed E-state index contributed by atoms with van der Waals surface area (Å²) in [7, 11) is 0. The summed E-state index contributed by atoms with van der Waals surface area (Å²) in [4.78, 5) is 0. The molecule has 0 aliphatic heterocycles. The summed E-state index contributed by atoms with van der Waals surface area (Å²) in [5.74, 6) is 0. The Labute approximate surface area is 100 Å². The first-order valence-corrected chi connectivity index (χ1v) is 6.42. The van der Waals surface area contributed by atoms with Gasteiger partial charge in [-0.3, -0.25) is 0 Å². The molecule has 0 heterocycles. The van der Waals surface area contributed by atoms with Crippen molar-refractivity contribution in [1.29, 1.82) is 0 Å². The second-order valence-corrected chi connectivity index (χ2v) is 4.81. The molecule has 1 aromatic carbocycles. The maximum Gasteiger partial charge on any atom is 0.0401 e. The van der Waals surface area contributed by atoms with Crippen molar-refractivity contribution in [2.75, 3.05) is 5.32 Å². The van der Waals surface area contributed by atoms with E-state index in [2.05, 4.69) is 52.1 Å². The van der Waals surface area contributed by atoms with Crippen molar-refractivity contribution in [2.45, 2.75) is 59.9 Å². The third kappa shape index (κ3) is 3.26. The summed E-state index contributed by atoms with van der Waals surface area (Å²) in [6.45, 7) is 11.1. The molecule has 1 aromatic rings. The fourth-order valence-corrected chi connectivity index (χ4v) is 2.34. The number of hydrogen-bond donors (Lipinski definition) is 1. The van der Waals surface area contributed by atoms with Gasteiger partial charge in [0.05, 0.1) is 0 Å². The third-order valence-corrected chi connectivity index (χ3v) is 3.16. The Morgan fingerprint density at radius 3 is 2.06 bits per heavy atom. The minimum absolute atomic E-state index is 0.616. The zero-order valence-corrected chi connectivity index (χ0v) is 11.4. The van der Waals surface area contributed by atoms with Crippen LogP contribution in [0.25, 0.3) is 0 Å². The maximum absolute atomic E-state index is 3.69. The van der Waals surface area contributed by atoms with E-state index in [4.69, 9.17) is 0 Å². The normalized spacial score (nSPS) is 12.6. The topological polar surface area (TPSA) is 12.0 Å². The lowest BCUT2D eigenvalue weighted by atomic mass is 10.0. The van der Waals surface area contributed by atoms with Gasteiger partial charge in [0.2, 0.25) is 0 Å². The molecule has 1 unspecified atom stereocenters. The summed E-state index contributed by atoms with van der Waals surface area (Å²) in [6.07, 6.45) is 3.69. The number of rotatable bonds is 5. The van der Waals surface area contributed by atoms with E-state index in [1.54, 1.807) is 0 Å². The first kappa shape index (κ1) is 13.1. The molecule has 1 atom stereocenters. The molecule has 16 heavy (non-hydrogen) atoms. The fourth-order valence-electron chi connectivity index (χ4n) is 2.34. The van der Waals surface area contributed by atoms with E-state index < -0.39 is 0 Å². The van der Waals surface area contributed by atoms with Crippen LogP contribution in [0.3, 0.4) is 0 Å². The molecule has 0 spiro atoms. The highest BCUT2D eigenvalue weighted by atomic mass is 14.9. The molecule has 0 bridgehead atoms. The van der Waals surface area contributed by atoms with Crippen molar-refractivity contribution in [3.05, 3.63) is 28.8 Å². The van der Waals surface area contributed by atoms with Gasteiger partial charge in [-0.25, -0.2) is 0 Å². The maximum atomic E-state index is 3.69. The molecule has 1 heteroatoms. The summed E-state index contributed by atoms with van der Waals surface area (Å²) < 4.78 is 0. The Kier molecular flexibility index (Phi) is 4.85. The molecule has 0 radical (unpaired) electrons. The predicted octanol–water partition coefficient (Wildman–Crippen LogP) is 4.60. The summed E-state index contributed by atoms with van der Waals surface area (Å²) in [6, 6.07) is 5.13. The highest BCUT2D eigenvalue weighted by molar-refractivity contribution is 5.58. The average molecular weight is 219 g/mol. The van der Waals surface area contributed by atoms with Crippen molar-refractivity contribution in [3.63, 3.8) is 0 Å². The van der Waals surface area contributed by atoms with E-state index in [0.29, 0.717) is 6.04 Å². The predicted molar refractivity (Wildman–Crippen MR) is 73.3 cm³/mol. The second kappa shape index (κ2) is 5.93. The van der Waals surface area contributed by atoms with Crippen molar-refractivity contribution in [1.82, 2.24) is 0 Å². The first-order chi connectivity index (χ1) is 7.58. The Bertz CT molecular complexity index is 318. The van der Waals surface area contributed by atoms with E-state index in [-0.39, 0.29) is 0 Å². The Morgan fingerprint density at radius 1 is 1.06 bits per heavy atom. The van der Waals surface area contributed by atoms with E-state index >= 15 is 0 Å². The second-order valence-electron chi connectivity index (χ2n) is 4.81. The molecule has 0 aromatic heterocycles. The van der Waals surface area contributed by atoms with E-state index in [1.165, 1.54) is 41.6 Å². The van der Waals surface area contributed by atoms with Gasteiger partial charge in [-0.1, -0.05) is 38.0 Å². The van der Waals surface area contributed by atoms with Crippen molar-refractivity contribution in [3.8, 4) is 0 Å². The number of anilines is 1. The lowest BCUT2D eigenvalue weighted by molar-refractivity contribution is 0.622. The quantitative estimate of drug-likeness (QED) is 0.763. The zero-order valence-electron chi connectivity index (χ0n) is 11.4. The van der Waals surface area contributed by atoms with E-state index in [1.807, 2.05) is 0 Å². The van der Waals surface area contributed by atoms with Gasteiger partial charge in [-0.2, -0.15) is 0 Å². The van der Waals surface area contributed by atoms with E-state index in [9.17, 15) is 0 Å². The molecule has 1 nitrogen and oxygen atoms in total. The van der Waals surface area contributed by atoms with Gasteiger partial charge < -0.3 is 5.32 Å². The van der Waals surface area contributed by atoms with Crippen LogP contribution >= 0.6 is 0 Å². The highest BCUT2D eigenvalue weighted by Gasteiger charge is 2.09. The fraction of sp³-hybridized carbons (Fsp3) is 0.600.